The van der Waals surface area contributed by atoms with Crippen LogP contribution in [0.2, 0.25) is 0 Å². The molecular weight excluding hydrogens is 530 g/mol. The van der Waals surface area contributed by atoms with E-state index in [-0.39, 0.29) is 26.9 Å². The van der Waals surface area contributed by atoms with Crippen molar-refractivity contribution in [1.29, 1.82) is 0 Å². The zero-order valence-electron chi connectivity index (χ0n) is 21.3. The van der Waals surface area contributed by atoms with E-state index in [1.165, 1.54) is 53.8 Å². The summed E-state index contributed by atoms with van der Waals surface area (Å²) in [4.78, 5) is 51.8. The summed E-state index contributed by atoms with van der Waals surface area (Å²) >= 11 is 1.19. The van der Waals surface area contributed by atoms with E-state index in [0.29, 0.717) is 38.2 Å². The van der Waals surface area contributed by atoms with E-state index < -0.39 is 27.7 Å². The fourth-order valence-corrected chi connectivity index (χ4v) is 7.37. The van der Waals surface area contributed by atoms with E-state index in [0.717, 1.165) is 30.6 Å². The number of hydrazine groups is 1. The number of benzene rings is 1. The van der Waals surface area contributed by atoms with Crippen LogP contribution in [-0.2, 0) is 32.6 Å². The molecule has 11 nitrogen and oxygen atoms in total. The minimum atomic E-state index is -3.65. The van der Waals surface area contributed by atoms with E-state index in [9.17, 15) is 27.6 Å². The van der Waals surface area contributed by atoms with Crippen molar-refractivity contribution in [2.24, 2.45) is 0 Å². The predicted octanol–water partition coefficient (Wildman–Crippen LogP) is 2.25. The van der Waals surface area contributed by atoms with Gasteiger partial charge in [0.2, 0.25) is 21.8 Å². The Labute approximate surface area is 225 Å². The number of hydrogen-bond acceptors (Lipinski definition) is 7. The molecule has 2 aromatic rings. The highest BCUT2D eigenvalue weighted by Crippen LogP contribution is 2.37. The standard InChI is InChI=1S/C25H31N5O6S2/c1-16(31)27-28-24(34)22-20-11-14-29(17(2)32)15-21(20)37-25(22)26-23(33)18-7-9-19(10-8-18)38(35,36)30-12-5-3-4-6-13-30/h7-10H,3-6,11-15H2,1-2H3,(H,26,33)(H,27,31)(H,28,34). The summed E-state index contributed by atoms with van der Waals surface area (Å²) in [5, 5.41) is 3.06. The van der Waals surface area contributed by atoms with Crippen molar-refractivity contribution < 1.29 is 27.6 Å². The average molecular weight is 562 g/mol. The van der Waals surface area contributed by atoms with E-state index >= 15 is 0 Å². The van der Waals surface area contributed by atoms with Gasteiger partial charge >= 0.3 is 0 Å². The van der Waals surface area contributed by atoms with Crippen LogP contribution in [0.5, 0.6) is 0 Å². The number of hydrogen-bond donors (Lipinski definition) is 3. The lowest BCUT2D eigenvalue weighted by Crippen LogP contribution is -2.41. The van der Waals surface area contributed by atoms with Crippen LogP contribution in [0.15, 0.2) is 29.2 Å². The van der Waals surface area contributed by atoms with Crippen molar-refractivity contribution in [3.63, 3.8) is 0 Å². The molecule has 0 spiro atoms. The van der Waals surface area contributed by atoms with E-state index in [1.807, 2.05) is 0 Å². The molecule has 204 valence electrons. The fourth-order valence-electron chi connectivity index (χ4n) is 4.59. The summed E-state index contributed by atoms with van der Waals surface area (Å²) in [5.41, 5.74) is 5.78. The first-order valence-electron chi connectivity index (χ1n) is 12.5. The van der Waals surface area contributed by atoms with Gasteiger partial charge in [-0.15, -0.1) is 11.3 Å². The maximum absolute atomic E-state index is 13.1. The second-order valence-electron chi connectivity index (χ2n) is 9.33. The van der Waals surface area contributed by atoms with Crippen molar-refractivity contribution in [3.8, 4) is 0 Å². The first-order chi connectivity index (χ1) is 18.1. The van der Waals surface area contributed by atoms with Gasteiger partial charge in [0.15, 0.2) is 0 Å². The molecule has 1 aromatic carbocycles. The average Bonchev–Trinajstić information content (AvgIpc) is 3.04. The van der Waals surface area contributed by atoms with Crippen LogP contribution in [0.4, 0.5) is 5.00 Å². The molecule has 0 unspecified atom stereocenters. The summed E-state index contributed by atoms with van der Waals surface area (Å²) in [6, 6.07) is 5.73. The van der Waals surface area contributed by atoms with Gasteiger partial charge in [-0.1, -0.05) is 12.8 Å². The van der Waals surface area contributed by atoms with E-state index in [4.69, 9.17) is 0 Å². The van der Waals surface area contributed by atoms with Crippen molar-refractivity contribution in [3.05, 3.63) is 45.8 Å². The van der Waals surface area contributed by atoms with Crippen molar-refractivity contribution in [1.82, 2.24) is 20.1 Å². The van der Waals surface area contributed by atoms with Gasteiger partial charge in [-0.2, -0.15) is 4.31 Å². The number of anilines is 1. The SMILES string of the molecule is CC(=O)NNC(=O)c1c(NC(=O)c2ccc(S(=O)(=O)N3CCCCCC3)cc2)sc2c1CCN(C(C)=O)C2. The molecule has 3 N–H and O–H groups in total. The molecule has 2 aliphatic rings. The zero-order chi connectivity index (χ0) is 27.4. The number of nitrogens with one attached hydrogen (secondary N) is 3. The molecule has 4 rings (SSSR count). The van der Waals surface area contributed by atoms with Gasteiger partial charge in [-0.25, -0.2) is 8.42 Å². The number of rotatable bonds is 5. The quantitative estimate of drug-likeness (QED) is 0.478. The van der Waals surface area contributed by atoms with Crippen LogP contribution in [0.1, 0.15) is 70.7 Å². The third kappa shape index (κ3) is 6.05. The second kappa shape index (κ2) is 11.6. The summed E-state index contributed by atoms with van der Waals surface area (Å²) in [7, 11) is -3.65. The highest BCUT2D eigenvalue weighted by molar-refractivity contribution is 7.89. The minimum Gasteiger partial charge on any atom is -0.337 e. The Kier molecular flexibility index (Phi) is 8.48. The van der Waals surface area contributed by atoms with Crippen LogP contribution >= 0.6 is 11.3 Å². The Bertz CT molecular complexity index is 1340. The normalized spacial score (nSPS) is 16.2. The summed E-state index contributed by atoms with van der Waals surface area (Å²) in [5.74, 6) is -1.64. The van der Waals surface area contributed by atoms with Gasteiger partial charge in [0.25, 0.3) is 11.8 Å². The lowest BCUT2D eigenvalue weighted by molar-refractivity contribution is -0.129. The fraction of sp³-hybridized carbons (Fsp3) is 0.440. The molecule has 2 aliphatic heterocycles. The lowest BCUT2D eigenvalue weighted by Gasteiger charge is -2.26. The third-order valence-corrected chi connectivity index (χ3v) is 9.67. The summed E-state index contributed by atoms with van der Waals surface area (Å²) in [6.07, 6.45) is 4.09. The molecule has 1 saturated heterocycles. The molecule has 3 heterocycles. The lowest BCUT2D eigenvalue weighted by atomic mass is 10.0. The Morgan fingerprint density at radius 1 is 0.868 bits per heavy atom. The number of amides is 4. The molecular formula is C25H31N5O6S2. The molecule has 0 bridgehead atoms. The highest BCUT2D eigenvalue weighted by atomic mass is 32.2. The van der Waals surface area contributed by atoms with Gasteiger partial charge in [0.1, 0.15) is 5.00 Å². The Morgan fingerprint density at radius 2 is 1.53 bits per heavy atom. The Morgan fingerprint density at radius 3 is 2.13 bits per heavy atom. The number of carbonyl (C=O) groups is 4. The molecule has 1 aromatic heterocycles. The predicted molar refractivity (Wildman–Crippen MR) is 142 cm³/mol. The molecule has 38 heavy (non-hydrogen) atoms. The number of fused-ring (bicyclic) bond motifs is 1. The number of carbonyl (C=O) groups excluding carboxylic acids is 4. The molecule has 4 amide bonds. The molecule has 1 fully saturated rings. The molecule has 0 saturated carbocycles. The topological polar surface area (TPSA) is 145 Å². The summed E-state index contributed by atoms with van der Waals surface area (Å²) in [6.45, 7) is 4.44. The smallest absolute Gasteiger partial charge is 0.272 e. The van der Waals surface area contributed by atoms with E-state index in [2.05, 4.69) is 16.2 Å². The second-order valence-corrected chi connectivity index (χ2v) is 12.4. The minimum absolute atomic E-state index is 0.0888. The van der Waals surface area contributed by atoms with Crippen LogP contribution in [-0.4, -0.2) is 60.9 Å². The first kappa shape index (κ1) is 27.7. The van der Waals surface area contributed by atoms with Gasteiger partial charge in [0, 0.05) is 43.9 Å². The highest BCUT2D eigenvalue weighted by Gasteiger charge is 2.30. The number of nitrogens with zero attached hydrogens (tertiary/aromatic N) is 2. The van der Waals surface area contributed by atoms with Crippen LogP contribution in [0, 0.1) is 0 Å². The number of sulfonamides is 1. The Hall–Kier alpha value is -3.29. The maximum Gasteiger partial charge on any atom is 0.272 e. The van der Waals surface area contributed by atoms with Crippen LogP contribution in [0.25, 0.3) is 0 Å². The van der Waals surface area contributed by atoms with Crippen LogP contribution in [0.3, 0.4) is 0 Å². The van der Waals surface area contributed by atoms with Crippen molar-refractivity contribution in [2.45, 2.75) is 57.4 Å². The van der Waals surface area contributed by atoms with Crippen molar-refractivity contribution >= 4 is 50.0 Å². The van der Waals surface area contributed by atoms with Crippen LogP contribution < -0.4 is 16.2 Å². The van der Waals surface area contributed by atoms with Gasteiger partial charge in [-0.3, -0.25) is 30.0 Å². The van der Waals surface area contributed by atoms with E-state index in [1.54, 1.807) is 4.90 Å². The zero-order valence-corrected chi connectivity index (χ0v) is 23.0. The van der Waals surface area contributed by atoms with Gasteiger partial charge in [-0.05, 0) is 49.1 Å². The van der Waals surface area contributed by atoms with Crippen molar-refractivity contribution in [2.75, 3.05) is 25.0 Å². The monoisotopic (exact) mass is 561 g/mol. The molecule has 0 radical (unpaired) electrons. The first-order valence-corrected chi connectivity index (χ1v) is 14.7. The Balaban J connectivity index is 1.56. The third-order valence-electron chi connectivity index (χ3n) is 6.63. The number of thiophene rings is 1. The molecule has 0 aliphatic carbocycles. The maximum atomic E-state index is 13.1. The van der Waals surface area contributed by atoms with Gasteiger partial charge < -0.3 is 10.2 Å². The molecule has 0 atom stereocenters. The summed E-state index contributed by atoms with van der Waals surface area (Å²) < 4.78 is 27.6. The largest absolute Gasteiger partial charge is 0.337 e. The van der Waals surface area contributed by atoms with Gasteiger partial charge in [0.05, 0.1) is 17.0 Å². The molecule has 13 heteroatoms.